The van der Waals surface area contributed by atoms with Gasteiger partial charge in [-0.15, -0.1) is 0 Å². The third-order valence-corrected chi connectivity index (χ3v) is 2.82. The first kappa shape index (κ1) is 14.8. The number of nitrogens with zero attached hydrogens (tertiary/aromatic N) is 1. The van der Waals surface area contributed by atoms with E-state index in [1.807, 2.05) is 26.0 Å². The lowest BCUT2D eigenvalue weighted by atomic mass is 10.1. The van der Waals surface area contributed by atoms with Gasteiger partial charge in [0, 0.05) is 17.1 Å². The molecular formula is C15H17N3O3. The summed E-state index contributed by atoms with van der Waals surface area (Å²) >= 11 is 0. The number of rotatable bonds is 5. The van der Waals surface area contributed by atoms with Crippen molar-refractivity contribution in [3.8, 4) is 0 Å². The molecule has 0 aliphatic carbocycles. The van der Waals surface area contributed by atoms with Crippen molar-refractivity contribution in [2.45, 2.75) is 19.9 Å². The molecule has 0 fully saturated rings. The molecule has 0 saturated carbocycles. The molecule has 0 aliphatic rings. The van der Waals surface area contributed by atoms with Crippen molar-refractivity contribution >= 4 is 28.5 Å². The maximum Gasteiger partial charge on any atom is 0.354 e. The molecule has 6 nitrogen and oxygen atoms in total. The van der Waals surface area contributed by atoms with Crippen LogP contribution in [0.4, 0.5) is 5.69 Å². The maximum absolute atomic E-state index is 11.7. The summed E-state index contributed by atoms with van der Waals surface area (Å²) in [4.78, 5) is 26.9. The average Bonchev–Trinajstić information content (AvgIpc) is 2.43. The quantitative estimate of drug-likeness (QED) is 0.781. The van der Waals surface area contributed by atoms with Crippen molar-refractivity contribution in [1.82, 2.24) is 10.3 Å². The number of benzene rings is 1. The van der Waals surface area contributed by atoms with Gasteiger partial charge in [0.15, 0.2) is 5.69 Å². The number of carboxylic acids is 1. The van der Waals surface area contributed by atoms with Gasteiger partial charge in [-0.2, -0.15) is 0 Å². The lowest BCUT2D eigenvalue weighted by Crippen LogP contribution is -2.34. The zero-order valence-corrected chi connectivity index (χ0v) is 11.9. The van der Waals surface area contributed by atoms with E-state index in [9.17, 15) is 9.59 Å². The Morgan fingerprint density at radius 3 is 2.67 bits per heavy atom. The van der Waals surface area contributed by atoms with E-state index >= 15 is 0 Å². The summed E-state index contributed by atoms with van der Waals surface area (Å²) < 4.78 is 0. The third-order valence-electron chi connectivity index (χ3n) is 2.82. The molecule has 6 heteroatoms. The molecule has 0 bridgehead atoms. The molecule has 2 aromatic rings. The first-order chi connectivity index (χ1) is 9.97. The zero-order valence-electron chi connectivity index (χ0n) is 11.9. The number of para-hydroxylation sites is 1. The van der Waals surface area contributed by atoms with Crippen molar-refractivity contribution in [1.29, 1.82) is 0 Å². The molecule has 0 radical (unpaired) electrons. The number of hydrogen-bond donors (Lipinski definition) is 3. The van der Waals surface area contributed by atoms with E-state index < -0.39 is 5.97 Å². The van der Waals surface area contributed by atoms with Crippen molar-refractivity contribution in [2.75, 3.05) is 11.9 Å². The van der Waals surface area contributed by atoms with Crippen LogP contribution in [0.2, 0.25) is 0 Å². The Labute approximate surface area is 122 Å². The highest BCUT2D eigenvalue weighted by atomic mass is 16.4. The van der Waals surface area contributed by atoms with Gasteiger partial charge >= 0.3 is 5.97 Å². The van der Waals surface area contributed by atoms with E-state index in [-0.39, 0.29) is 24.2 Å². The summed E-state index contributed by atoms with van der Waals surface area (Å²) in [5.41, 5.74) is 1.10. The van der Waals surface area contributed by atoms with Gasteiger partial charge in [0.25, 0.3) is 0 Å². The van der Waals surface area contributed by atoms with Gasteiger partial charge in [0.05, 0.1) is 12.1 Å². The number of amides is 1. The van der Waals surface area contributed by atoms with Gasteiger partial charge in [-0.1, -0.05) is 18.2 Å². The van der Waals surface area contributed by atoms with Crippen LogP contribution in [-0.4, -0.2) is 34.6 Å². The molecule has 1 amide bonds. The summed E-state index contributed by atoms with van der Waals surface area (Å²) in [6, 6.07) is 8.69. The monoisotopic (exact) mass is 287 g/mol. The second-order valence-corrected chi connectivity index (χ2v) is 4.95. The summed E-state index contributed by atoms with van der Waals surface area (Å²) in [5.74, 6) is -1.25. The number of aromatic nitrogens is 1. The van der Waals surface area contributed by atoms with Crippen molar-refractivity contribution in [2.24, 2.45) is 0 Å². The molecule has 0 saturated heterocycles. The molecule has 3 N–H and O–H groups in total. The van der Waals surface area contributed by atoms with E-state index in [2.05, 4.69) is 15.6 Å². The minimum absolute atomic E-state index is 0.0551. The van der Waals surface area contributed by atoms with Gasteiger partial charge in [-0.3, -0.25) is 4.79 Å². The fourth-order valence-corrected chi connectivity index (χ4v) is 1.98. The minimum atomic E-state index is -1.10. The van der Waals surface area contributed by atoms with Gasteiger partial charge in [-0.05, 0) is 26.0 Å². The Balaban J connectivity index is 2.29. The normalized spacial score (nSPS) is 10.6. The first-order valence-electron chi connectivity index (χ1n) is 6.63. The number of carbonyl (C=O) groups is 2. The van der Waals surface area contributed by atoms with Gasteiger partial charge in [0.1, 0.15) is 0 Å². The number of aromatic carboxylic acids is 1. The number of hydrogen-bond acceptors (Lipinski definition) is 4. The Morgan fingerprint density at radius 2 is 2.00 bits per heavy atom. The van der Waals surface area contributed by atoms with Crippen LogP contribution in [0.3, 0.4) is 0 Å². The summed E-state index contributed by atoms with van der Waals surface area (Å²) in [5, 5.41) is 15.6. The average molecular weight is 287 g/mol. The van der Waals surface area contributed by atoms with Crippen LogP contribution in [-0.2, 0) is 4.79 Å². The highest BCUT2D eigenvalue weighted by Crippen LogP contribution is 2.22. The van der Waals surface area contributed by atoms with Crippen LogP contribution in [0.15, 0.2) is 30.3 Å². The standard InChI is InChI=1S/C15H17N3O3/c1-9(2)17-14(19)8-16-12-7-13(15(20)21)18-11-6-4-3-5-10(11)12/h3-7,9H,8H2,1-2H3,(H,16,18)(H,17,19)(H,20,21). The van der Waals surface area contributed by atoms with E-state index in [0.717, 1.165) is 5.39 Å². The van der Waals surface area contributed by atoms with Gasteiger partial charge in [-0.25, -0.2) is 9.78 Å². The third kappa shape index (κ3) is 3.68. The molecule has 0 atom stereocenters. The second-order valence-electron chi connectivity index (χ2n) is 4.95. The van der Waals surface area contributed by atoms with Gasteiger partial charge in [0.2, 0.25) is 5.91 Å². The fraction of sp³-hybridized carbons (Fsp3) is 0.267. The fourth-order valence-electron chi connectivity index (χ4n) is 1.98. The van der Waals surface area contributed by atoms with E-state index in [4.69, 9.17) is 5.11 Å². The predicted octanol–water partition coefficient (Wildman–Crippen LogP) is 1.87. The van der Waals surface area contributed by atoms with Crippen LogP contribution in [0.5, 0.6) is 0 Å². The lowest BCUT2D eigenvalue weighted by molar-refractivity contribution is -0.119. The van der Waals surface area contributed by atoms with E-state index in [0.29, 0.717) is 11.2 Å². The van der Waals surface area contributed by atoms with Crippen LogP contribution in [0.1, 0.15) is 24.3 Å². The zero-order chi connectivity index (χ0) is 15.4. The molecule has 2 rings (SSSR count). The molecule has 1 aromatic carbocycles. The van der Waals surface area contributed by atoms with Crippen molar-refractivity contribution in [3.05, 3.63) is 36.0 Å². The molecular weight excluding hydrogens is 270 g/mol. The van der Waals surface area contributed by atoms with Gasteiger partial charge < -0.3 is 15.7 Å². The second kappa shape index (κ2) is 6.21. The molecule has 1 aromatic heterocycles. The smallest absolute Gasteiger partial charge is 0.354 e. The highest BCUT2D eigenvalue weighted by molar-refractivity contribution is 5.98. The predicted molar refractivity (Wildman–Crippen MR) is 80.5 cm³/mol. The van der Waals surface area contributed by atoms with E-state index in [1.165, 1.54) is 6.07 Å². The van der Waals surface area contributed by atoms with Crippen LogP contribution < -0.4 is 10.6 Å². The highest BCUT2D eigenvalue weighted by Gasteiger charge is 2.11. The maximum atomic E-state index is 11.7. The van der Waals surface area contributed by atoms with Crippen LogP contribution in [0.25, 0.3) is 10.9 Å². The Bertz CT molecular complexity index is 683. The van der Waals surface area contributed by atoms with Crippen LogP contribution in [0, 0.1) is 0 Å². The topological polar surface area (TPSA) is 91.3 Å². The number of nitrogens with one attached hydrogen (secondary N) is 2. The summed E-state index contributed by atoms with van der Waals surface area (Å²) in [6.07, 6.45) is 0. The molecule has 110 valence electrons. The molecule has 21 heavy (non-hydrogen) atoms. The number of anilines is 1. The lowest BCUT2D eigenvalue weighted by Gasteiger charge is -2.12. The number of carboxylic acid groups (broad SMARTS) is 1. The number of fused-ring (bicyclic) bond motifs is 1. The molecule has 0 spiro atoms. The molecule has 0 aliphatic heterocycles. The molecule has 0 unspecified atom stereocenters. The summed E-state index contributed by atoms with van der Waals surface area (Å²) in [7, 11) is 0. The largest absolute Gasteiger partial charge is 0.477 e. The van der Waals surface area contributed by atoms with Crippen molar-refractivity contribution in [3.63, 3.8) is 0 Å². The number of carbonyl (C=O) groups excluding carboxylic acids is 1. The summed E-state index contributed by atoms with van der Waals surface area (Å²) in [6.45, 7) is 3.83. The first-order valence-corrected chi connectivity index (χ1v) is 6.63. The number of pyridine rings is 1. The van der Waals surface area contributed by atoms with Crippen molar-refractivity contribution < 1.29 is 14.7 Å². The Hall–Kier alpha value is -2.63. The Morgan fingerprint density at radius 1 is 1.29 bits per heavy atom. The SMILES string of the molecule is CC(C)NC(=O)CNc1cc(C(=O)O)nc2ccccc12. The molecule has 1 heterocycles. The van der Waals surface area contributed by atoms with E-state index in [1.54, 1.807) is 12.1 Å². The minimum Gasteiger partial charge on any atom is -0.477 e. The van der Waals surface area contributed by atoms with Crippen LogP contribution >= 0.6 is 0 Å². The Kier molecular flexibility index (Phi) is 4.37.